The molecule has 0 radical (unpaired) electrons. The number of carbonyl (C=O) groups is 2. The van der Waals surface area contributed by atoms with Gasteiger partial charge in [0.15, 0.2) is 0 Å². The maximum atomic E-state index is 11.6. The summed E-state index contributed by atoms with van der Waals surface area (Å²) >= 11 is 0. The number of hydrogen-bond donors (Lipinski definition) is 1. The molecule has 5 nitrogen and oxygen atoms in total. The molecule has 0 aromatic heterocycles. The Hall–Kier alpha value is -1.10. The normalized spacial score (nSPS) is 23.2. The van der Waals surface area contributed by atoms with E-state index in [1.165, 1.54) is 0 Å². The minimum atomic E-state index is -0.631. The van der Waals surface area contributed by atoms with Gasteiger partial charge < -0.3 is 14.9 Å². The van der Waals surface area contributed by atoms with E-state index >= 15 is 0 Å². The lowest BCUT2D eigenvalue weighted by molar-refractivity contribution is -0.152. The fourth-order valence-electron chi connectivity index (χ4n) is 3.46. The van der Waals surface area contributed by atoms with Gasteiger partial charge in [0.2, 0.25) is 5.91 Å². The number of rotatable bonds is 6. The predicted molar refractivity (Wildman–Crippen MR) is 76.5 cm³/mol. The van der Waals surface area contributed by atoms with Crippen molar-refractivity contribution in [2.24, 2.45) is 5.41 Å². The first kappa shape index (κ1) is 15.3. The monoisotopic (exact) mass is 282 g/mol. The Kier molecular flexibility index (Phi) is 5.02. The second kappa shape index (κ2) is 6.57. The smallest absolute Gasteiger partial charge is 0.309 e. The number of carboxylic acid groups (broad SMARTS) is 1. The molecule has 2 fully saturated rings. The molecule has 0 bridgehead atoms. The van der Waals surface area contributed by atoms with Gasteiger partial charge in [-0.1, -0.05) is 13.3 Å². The van der Waals surface area contributed by atoms with Gasteiger partial charge in [0.25, 0.3) is 0 Å². The van der Waals surface area contributed by atoms with Gasteiger partial charge in [-0.15, -0.1) is 0 Å². The number of aliphatic carboxylic acids is 1. The molecule has 20 heavy (non-hydrogen) atoms. The molecule has 2 saturated heterocycles. The number of likely N-dealkylation sites (tertiary alicyclic amines) is 2. The van der Waals surface area contributed by atoms with Crippen molar-refractivity contribution in [3.05, 3.63) is 0 Å². The second-order valence-corrected chi connectivity index (χ2v) is 6.16. The first-order valence-electron chi connectivity index (χ1n) is 7.81. The van der Waals surface area contributed by atoms with E-state index in [0.717, 1.165) is 64.8 Å². The van der Waals surface area contributed by atoms with E-state index in [4.69, 9.17) is 0 Å². The maximum absolute atomic E-state index is 11.6. The molecule has 0 spiro atoms. The summed E-state index contributed by atoms with van der Waals surface area (Å²) < 4.78 is 0. The first-order chi connectivity index (χ1) is 9.57. The van der Waals surface area contributed by atoms with Crippen LogP contribution in [0.5, 0.6) is 0 Å². The Morgan fingerprint density at radius 1 is 1.25 bits per heavy atom. The van der Waals surface area contributed by atoms with Crippen molar-refractivity contribution in [1.82, 2.24) is 9.80 Å². The van der Waals surface area contributed by atoms with Crippen LogP contribution in [0.4, 0.5) is 0 Å². The third kappa shape index (κ3) is 3.32. The lowest BCUT2D eigenvalue weighted by Gasteiger charge is -2.39. The summed E-state index contributed by atoms with van der Waals surface area (Å²) in [5, 5.41) is 9.47. The van der Waals surface area contributed by atoms with Crippen LogP contribution in [0.25, 0.3) is 0 Å². The number of carbonyl (C=O) groups excluding carboxylic acids is 1. The Labute approximate surface area is 120 Å². The zero-order valence-electron chi connectivity index (χ0n) is 12.4. The quantitative estimate of drug-likeness (QED) is 0.803. The third-order valence-corrected chi connectivity index (χ3v) is 4.85. The van der Waals surface area contributed by atoms with Crippen molar-refractivity contribution >= 4 is 11.9 Å². The van der Waals surface area contributed by atoms with E-state index in [-0.39, 0.29) is 5.91 Å². The third-order valence-electron chi connectivity index (χ3n) is 4.85. The van der Waals surface area contributed by atoms with Crippen molar-refractivity contribution in [2.75, 3.05) is 32.7 Å². The van der Waals surface area contributed by atoms with Gasteiger partial charge >= 0.3 is 5.97 Å². The van der Waals surface area contributed by atoms with Gasteiger partial charge in [0.05, 0.1) is 5.41 Å². The van der Waals surface area contributed by atoms with E-state index in [9.17, 15) is 14.7 Å². The number of piperidine rings is 1. The zero-order valence-corrected chi connectivity index (χ0v) is 12.4. The van der Waals surface area contributed by atoms with Crippen LogP contribution in [0, 0.1) is 5.41 Å². The van der Waals surface area contributed by atoms with Gasteiger partial charge in [-0.2, -0.15) is 0 Å². The predicted octanol–water partition coefficient (Wildman–Crippen LogP) is 1.58. The molecule has 0 atom stereocenters. The summed E-state index contributed by atoms with van der Waals surface area (Å²) in [7, 11) is 0. The molecule has 2 heterocycles. The fraction of sp³-hybridized carbons (Fsp3) is 0.867. The fourth-order valence-corrected chi connectivity index (χ4v) is 3.46. The van der Waals surface area contributed by atoms with Crippen LogP contribution >= 0.6 is 0 Å². The van der Waals surface area contributed by atoms with E-state index in [1.54, 1.807) is 0 Å². The first-order valence-corrected chi connectivity index (χ1v) is 7.81. The van der Waals surface area contributed by atoms with Crippen molar-refractivity contribution < 1.29 is 14.7 Å². The van der Waals surface area contributed by atoms with Crippen molar-refractivity contribution in [3.8, 4) is 0 Å². The molecular weight excluding hydrogens is 256 g/mol. The molecule has 0 saturated carbocycles. The highest BCUT2D eigenvalue weighted by molar-refractivity contribution is 5.78. The summed E-state index contributed by atoms with van der Waals surface area (Å²) in [6.45, 7) is 6.31. The summed E-state index contributed by atoms with van der Waals surface area (Å²) in [5.74, 6) is -0.360. The minimum absolute atomic E-state index is 0.271. The minimum Gasteiger partial charge on any atom is -0.481 e. The molecule has 0 aromatic rings. The van der Waals surface area contributed by atoms with Gasteiger partial charge in [0.1, 0.15) is 0 Å². The summed E-state index contributed by atoms with van der Waals surface area (Å²) in [6.07, 6.45) is 4.86. The van der Waals surface area contributed by atoms with Gasteiger partial charge in [-0.05, 0) is 38.8 Å². The van der Waals surface area contributed by atoms with Crippen LogP contribution in [0.3, 0.4) is 0 Å². The van der Waals surface area contributed by atoms with E-state index in [1.807, 2.05) is 4.90 Å². The van der Waals surface area contributed by atoms with Crippen LogP contribution in [0.2, 0.25) is 0 Å². The number of nitrogens with zero attached hydrogens (tertiary/aromatic N) is 2. The van der Waals surface area contributed by atoms with Crippen LogP contribution < -0.4 is 0 Å². The highest BCUT2D eigenvalue weighted by Crippen LogP contribution is 2.36. The summed E-state index contributed by atoms with van der Waals surface area (Å²) in [6, 6.07) is 0. The molecule has 0 aliphatic carbocycles. The summed E-state index contributed by atoms with van der Waals surface area (Å²) in [5.41, 5.74) is -0.505. The molecule has 2 aliphatic rings. The lowest BCUT2D eigenvalue weighted by Crippen LogP contribution is -2.46. The Morgan fingerprint density at radius 3 is 2.45 bits per heavy atom. The topological polar surface area (TPSA) is 60.9 Å². The lowest BCUT2D eigenvalue weighted by atomic mass is 9.75. The highest BCUT2D eigenvalue weighted by Gasteiger charge is 2.40. The largest absolute Gasteiger partial charge is 0.481 e. The van der Waals surface area contributed by atoms with Crippen molar-refractivity contribution in [2.45, 2.75) is 45.4 Å². The molecule has 5 heteroatoms. The average Bonchev–Trinajstić information content (AvgIpc) is 2.84. The van der Waals surface area contributed by atoms with Gasteiger partial charge in [-0.25, -0.2) is 0 Å². The van der Waals surface area contributed by atoms with Crippen LogP contribution in [0.1, 0.15) is 45.4 Å². The van der Waals surface area contributed by atoms with E-state index in [0.29, 0.717) is 6.42 Å². The Morgan fingerprint density at radius 2 is 1.95 bits per heavy atom. The molecule has 0 aromatic carbocycles. The zero-order chi connectivity index (χ0) is 14.6. The molecule has 114 valence electrons. The Balaban J connectivity index is 1.78. The van der Waals surface area contributed by atoms with E-state index < -0.39 is 11.4 Å². The number of hydrogen-bond acceptors (Lipinski definition) is 3. The van der Waals surface area contributed by atoms with Crippen molar-refractivity contribution in [1.29, 1.82) is 0 Å². The van der Waals surface area contributed by atoms with Crippen LogP contribution in [0.15, 0.2) is 0 Å². The van der Waals surface area contributed by atoms with E-state index in [2.05, 4.69) is 11.8 Å². The molecule has 1 amide bonds. The molecule has 2 rings (SSSR count). The number of carboxylic acids is 1. The van der Waals surface area contributed by atoms with Gasteiger partial charge in [0, 0.05) is 26.1 Å². The Bertz CT molecular complexity index is 362. The molecule has 1 N–H and O–H groups in total. The van der Waals surface area contributed by atoms with Crippen LogP contribution in [-0.2, 0) is 9.59 Å². The average molecular weight is 282 g/mol. The highest BCUT2D eigenvalue weighted by atomic mass is 16.4. The van der Waals surface area contributed by atoms with Crippen molar-refractivity contribution in [3.63, 3.8) is 0 Å². The standard InChI is InChI=1S/C15H26N2O3/c1-2-5-15(14(19)20)6-9-16(10-7-15)11-12-17-8-3-4-13(17)18/h2-12H2,1H3,(H,19,20). The second-order valence-electron chi connectivity index (χ2n) is 6.16. The van der Waals surface area contributed by atoms with Crippen LogP contribution in [-0.4, -0.2) is 59.5 Å². The molecular formula is C15H26N2O3. The van der Waals surface area contributed by atoms with Gasteiger partial charge in [-0.3, -0.25) is 9.59 Å². The maximum Gasteiger partial charge on any atom is 0.309 e. The SMILES string of the molecule is CCCC1(C(=O)O)CCN(CCN2CCCC2=O)CC1. The molecule has 0 unspecified atom stereocenters. The number of amides is 1. The summed E-state index contributed by atoms with van der Waals surface area (Å²) in [4.78, 5) is 27.3. The molecule has 2 aliphatic heterocycles.